The van der Waals surface area contributed by atoms with Crippen molar-refractivity contribution in [2.75, 3.05) is 19.6 Å². The normalized spacial score (nSPS) is 20.9. The predicted molar refractivity (Wildman–Crippen MR) is 93.3 cm³/mol. The highest BCUT2D eigenvalue weighted by Gasteiger charge is 2.34. The van der Waals surface area contributed by atoms with Crippen LogP contribution in [0.4, 0.5) is 0 Å². The third-order valence-electron chi connectivity index (χ3n) is 4.62. The summed E-state index contributed by atoms with van der Waals surface area (Å²) in [7, 11) is 0. The maximum atomic E-state index is 12.5. The third-order valence-corrected chi connectivity index (χ3v) is 4.62. The molecule has 3 nitrogen and oxygen atoms in total. The second-order valence-electron chi connectivity index (χ2n) is 6.40. The third kappa shape index (κ3) is 3.26. The molecule has 3 rings (SSSR count). The van der Waals surface area contributed by atoms with Crippen LogP contribution in [0.3, 0.4) is 0 Å². The first-order valence-electron chi connectivity index (χ1n) is 7.56. The summed E-state index contributed by atoms with van der Waals surface area (Å²) in [5, 5.41) is 2.37. The molecule has 2 aromatic carbocycles. The molecular formula is C18H23ClN2O. The molecule has 0 spiro atoms. The molecule has 2 aromatic rings. The second kappa shape index (κ2) is 6.67. The predicted octanol–water partition coefficient (Wildman–Crippen LogP) is 3.00. The van der Waals surface area contributed by atoms with Crippen molar-refractivity contribution in [2.24, 2.45) is 11.1 Å². The Balaban J connectivity index is 0.00000176. The maximum Gasteiger partial charge on any atom is 0.227 e. The number of hydrogen-bond acceptors (Lipinski definition) is 2. The van der Waals surface area contributed by atoms with Crippen LogP contribution in [-0.2, 0) is 11.2 Å². The van der Waals surface area contributed by atoms with Gasteiger partial charge in [0.15, 0.2) is 0 Å². The first-order chi connectivity index (χ1) is 10.1. The van der Waals surface area contributed by atoms with Crippen molar-refractivity contribution in [3.05, 3.63) is 48.0 Å². The molecule has 1 unspecified atom stereocenters. The Labute approximate surface area is 137 Å². The Bertz CT molecular complexity index is 668. The van der Waals surface area contributed by atoms with Crippen molar-refractivity contribution in [1.82, 2.24) is 4.90 Å². The van der Waals surface area contributed by atoms with Crippen molar-refractivity contribution in [2.45, 2.75) is 19.8 Å². The van der Waals surface area contributed by atoms with E-state index in [2.05, 4.69) is 31.2 Å². The molecule has 2 N–H and O–H groups in total. The van der Waals surface area contributed by atoms with Gasteiger partial charge < -0.3 is 10.6 Å². The van der Waals surface area contributed by atoms with E-state index in [1.165, 1.54) is 10.8 Å². The summed E-state index contributed by atoms with van der Waals surface area (Å²) in [5.74, 6) is 0.212. The van der Waals surface area contributed by atoms with Crippen molar-refractivity contribution >= 4 is 29.1 Å². The van der Waals surface area contributed by atoms with Gasteiger partial charge in [-0.25, -0.2) is 0 Å². The van der Waals surface area contributed by atoms with Gasteiger partial charge in [-0.2, -0.15) is 0 Å². The van der Waals surface area contributed by atoms with Gasteiger partial charge in [0.05, 0.1) is 6.42 Å². The number of benzene rings is 2. The van der Waals surface area contributed by atoms with Crippen LogP contribution in [-0.4, -0.2) is 30.4 Å². The van der Waals surface area contributed by atoms with Gasteiger partial charge in [-0.1, -0.05) is 49.4 Å². The van der Waals surface area contributed by atoms with Crippen LogP contribution in [0.1, 0.15) is 18.9 Å². The molecule has 1 atom stereocenters. The summed E-state index contributed by atoms with van der Waals surface area (Å²) in [4.78, 5) is 14.5. The lowest BCUT2D eigenvalue weighted by Crippen LogP contribution is -2.35. The van der Waals surface area contributed by atoms with Gasteiger partial charge >= 0.3 is 0 Å². The monoisotopic (exact) mass is 318 g/mol. The highest BCUT2D eigenvalue weighted by atomic mass is 35.5. The molecule has 1 amide bonds. The molecule has 0 saturated carbocycles. The highest BCUT2D eigenvalue weighted by molar-refractivity contribution is 5.90. The van der Waals surface area contributed by atoms with Crippen molar-refractivity contribution in [3.63, 3.8) is 0 Å². The number of halogens is 1. The molecule has 1 heterocycles. The molecule has 1 aliphatic heterocycles. The number of nitrogens with zero attached hydrogens (tertiary/aromatic N) is 1. The summed E-state index contributed by atoms with van der Waals surface area (Å²) < 4.78 is 0. The fourth-order valence-electron chi connectivity index (χ4n) is 3.12. The Kier molecular flexibility index (Phi) is 5.09. The molecule has 0 bridgehead atoms. The van der Waals surface area contributed by atoms with E-state index in [-0.39, 0.29) is 23.7 Å². The van der Waals surface area contributed by atoms with Crippen LogP contribution < -0.4 is 5.73 Å². The maximum absolute atomic E-state index is 12.5. The fraction of sp³-hybridized carbons (Fsp3) is 0.389. The van der Waals surface area contributed by atoms with Gasteiger partial charge in [0.25, 0.3) is 0 Å². The zero-order chi connectivity index (χ0) is 14.9. The summed E-state index contributed by atoms with van der Waals surface area (Å²) in [6.45, 7) is 4.42. The van der Waals surface area contributed by atoms with Crippen LogP contribution >= 0.6 is 12.4 Å². The molecule has 0 aliphatic carbocycles. The number of nitrogens with two attached hydrogens (primary N) is 1. The van der Waals surface area contributed by atoms with Gasteiger partial charge in [-0.05, 0) is 34.7 Å². The number of carbonyl (C=O) groups excluding carboxylic acids is 1. The zero-order valence-electron chi connectivity index (χ0n) is 12.9. The minimum absolute atomic E-state index is 0. The Morgan fingerprint density at radius 3 is 2.68 bits per heavy atom. The minimum atomic E-state index is 0. The van der Waals surface area contributed by atoms with Crippen LogP contribution in [0.5, 0.6) is 0 Å². The number of amides is 1. The smallest absolute Gasteiger partial charge is 0.227 e. The van der Waals surface area contributed by atoms with E-state index >= 15 is 0 Å². The van der Waals surface area contributed by atoms with E-state index in [0.717, 1.165) is 25.1 Å². The lowest BCUT2D eigenvalue weighted by molar-refractivity contribution is -0.129. The molecule has 0 aromatic heterocycles. The average molecular weight is 319 g/mol. The van der Waals surface area contributed by atoms with E-state index < -0.39 is 0 Å². The lowest BCUT2D eigenvalue weighted by atomic mass is 9.90. The van der Waals surface area contributed by atoms with Crippen LogP contribution in [0.2, 0.25) is 0 Å². The van der Waals surface area contributed by atoms with Gasteiger partial charge in [-0.15, -0.1) is 12.4 Å². The van der Waals surface area contributed by atoms with E-state index in [1.807, 2.05) is 23.1 Å². The summed E-state index contributed by atoms with van der Waals surface area (Å²) in [5.41, 5.74) is 7.02. The molecule has 1 saturated heterocycles. The van der Waals surface area contributed by atoms with Crippen LogP contribution in [0, 0.1) is 5.41 Å². The number of hydrogen-bond donors (Lipinski definition) is 1. The van der Waals surface area contributed by atoms with E-state index in [1.54, 1.807) is 0 Å². The largest absolute Gasteiger partial charge is 0.342 e. The first-order valence-corrected chi connectivity index (χ1v) is 7.56. The van der Waals surface area contributed by atoms with E-state index in [9.17, 15) is 4.79 Å². The lowest BCUT2D eigenvalue weighted by Gasteiger charge is -2.22. The topological polar surface area (TPSA) is 46.3 Å². The molecule has 22 heavy (non-hydrogen) atoms. The zero-order valence-corrected chi connectivity index (χ0v) is 13.7. The molecule has 0 radical (unpaired) electrons. The van der Waals surface area contributed by atoms with Crippen molar-refractivity contribution in [1.29, 1.82) is 0 Å². The number of carbonyl (C=O) groups is 1. The number of fused-ring (bicyclic) bond motifs is 1. The van der Waals surface area contributed by atoms with Gasteiger partial charge in [0.2, 0.25) is 5.91 Å². The van der Waals surface area contributed by atoms with E-state index in [4.69, 9.17) is 5.73 Å². The summed E-state index contributed by atoms with van der Waals surface area (Å²) >= 11 is 0. The van der Waals surface area contributed by atoms with Crippen LogP contribution in [0.25, 0.3) is 10.8 Å². The first kappa shape index (κ1) is 16.8. The fourth-order valence-corrected chi connectivity index (χ4v) is 3.12. The minimum Gasteiger partial charge on any atom is -0.342 e. The molecule has 1 aliphatic rings. The van der Waals surface area contributed by atoms with Crippen molar-refractivity contribution < 1.29 is 4.79 Å². The second-order valence-corrected chi connectivity index (χ2v) is 6.40. The SMILES string of the molecule is CC1(CN)CCN(C(=O)Cc2cccc3ccccc23)C1.Cl. The average Bonchev–Trinajstić information content (AvgIpc) is 2.91. The number of likely N-dealkylation sites (tertiary alicyclic amines) is 1. The number of rotatable bonds is 3. The Morgan fingerprint density at radius 2 is 1.95 bits per heavy atom. The van der Waals surface area contributed by atoms with Gasteiger partial charge in [0.1, 0.15) is 0 Å². The standard InChI is InChI=1S/C18H22N2O.ClH/c1-18(12-19)9-10-20(13-18)17(21)11-15-7-4-6-14-5-2-3-8-16(14)15;/h2-8H,9-13,19H2,1H3;1H. The Hall–Kier alpha value is -1.58. The molecular weight excluding hydrogens is 296 g/mol. The summed E-state index contributed by atoms with van der Waals surface area (Å²) in [6.07, 6.45) is 1.48. The van der Waals surface area contributed by atoms with Crippen LogP contribution in [0.15, 0.2) is 42.5 Å². The van der Waals surface area contributed by atoms with E-state index in [0.29, 0.717) is 13.0 Å². The van der Waals surface area contributed by atoms with Gasteiger partial charge in [0, 0.05) is 13.1 Å². The summed E-state index contributed by atoms with van der Waals surface area (Å²) in [6, 6.07) is 14.4. The van der Waals surface area contributed by atoms with Gasteiger partial charge in [-0.3, -0.25) is 4.79 Å². The highest BCUT2D eigenvalue weighted by Crippen LogP contribution is 2.29. The quantitative estimate of drug-likeness (QED) is 0.945. The molecule has 1 fully saturated rings. The van der Waals surface area contributed by atoms with Crippen molar-refractivity contribution in [3.8, 4) is 0 Å². The molecule has 118 valence electrons. The Morgan fingerprint density at radius 1 is 1.23 bits per heavy atom. The molecule has 4 heteroatoms.